The first-order chi connectivity index (χ1) is 6.39. The van der Waals surface area contributed by atoms with Crippen molar-refractivity contribution in [2.24, 2.45) is 0 Å². The number of hydrogen-bond acceptors (Lipinski definition) is 2. The molecule has 5 heteroatoms. The average molecular weight is 208 g/mol. The minimum absolute atomic E-state index is 0.349. The van der Waals surface area contributed by atoms with Crippen molar-refractivity contribution in [2.75, 3.05) is 0 Å². The van der Waals surface area contributed by atoms with Gasteiger partial charge in [-0.15, -0.1) is 0 Å². The van der Waals surface area contributed by atoms with Gasteiger partial charge in [-0.25, -0.2) is 4.79 Å². The molecule has 1 saturated carbocycles. The number of ether oxygens (including phenoxy) is 1. The molecule has 0 heterocycles. The Morgan fingerprint density at radius 3 is 2.64 bits per heavy atom. The summed E-state index contributed by atoms with van der Waals surface area (Å²) in [4.78, 5) is 10.5. The van der Waals surface area contributed by atoms with Crippen molar-refractivity contribution in [2.45, 2.75) is 38.0 Å². The molecule has 0 aromatic rings. The van der Waals surface area contributed by atoms with Crippen molar-refractivity contribution >= 4 is 5.97 Å². The van der Waals surface area contributed by atoms with Crippen molar-refractivity contribution < 1.29 is 22.7 Å². The standard InChI is InChI=1S/C9H11F3O2/c1-6-3-2-4-7(5-6)14-8(13)9(10,11)12/h7H,1-5H2/t7-/m0/s1. The number of esters is 1. The van der Waals surface area contributed by atoms with Gasteiger partial charge in [0.05, 0.1) is 0 Å². The van der Waals surface area contributed by atoms with Crippen LogP contribution in [0.15, 0.2) is 12.2 Å². The Labute approximate surface area is 79.7 Å². The Morgan fingerprint density at radius 1 is 1.50 bits per heavy atom. The Hall–Kier alpha value is -1.00. The van der Waals surface area contributed by atoms with Crippen LogP contribution in [0.3, 0.4) is 0 Å². The summed E-state index contributed by atoms with van der Waals surface area (Å²) < 4.78 is 39.7. The summed E-state index contributed by atoms with van der Waals surface area (Å²) in [6.45, 7) is 3.66. The highest BCUT2D eigenvalue weighted by molar-refractivity contribution is 5.75. The van der Waals surface area contributed by atoms with Gasteiger partial charge in [-0.2, -0.15) is 13.2 Å². The van der Waals surface area contributed by atoms with Crippen LogP contribution in [-0.4, -0.2) is 18.2 Å². The van der Waals surface area contributed by atoms with E-state index in [-0.39, 0.29) is 0 Å². The van der Waals surface area contributed by atoms with E-state index >= 15 is 0 Å². The first-order valence-corrected chi connectivity index (χ1v) is 4.34. The van der Waals surface area contributed by atoms with Gasteiger partial charge >= 0.3 is 12.1 Å². The van der Waals surface area contributed by atoms with Gasteiger partial charge in [0.25, 0.3) is 0 Å². The van der Waals surface area contributed by atoms with Crippen LogP contribution in [-0.2, 0) is 9.53 Å². The van der Waals surface area contributed by atoms with Crippen molar-refractivity contribution in [3.05, 3.63) is 12.2 Å². The van der Waals surface area contributed by atoms with Crippen LogP contribution < -0.4 is 0 Å². The number of hydrogen-bond donors (Lipinski definition) is 0. The fourth-order valence-electron chi connectivity index (χ4n) is 1.42. The molecule has 1 atom stereocenters. The van der Waals surface area contributed by atoms with Gasteiger partial charge in [0.15, 0.2) is 0 Å². The van der Waals surface area contributed by atoms with E-state index in [1.165, 1.54) is 0 Å². The Morgan fingerprint density at radius 2 is 2.14 bits per heavy atom. The largest absolute Gasteiger partial charge is 0.490 e. The fraction of sp³-hybridized carbons (Fsp3) is 0.667. The third kappa shape index (κ3) is 3.05. The lowest BCUT2D eigenvalue weighted by molar-refractivity contribution is -0.205. The lowest BCUT2D eigenvalue weighted by Gasteiger charge is -2.23. The molecular weight excluding hydrogens is 197 g/mol. The number of carbonyl (C=O) groups is 1. The van der Waals surface area contributed by atoms with E-state index < -0.39 is 18.2 Å². The molecule has 0 radical (unpaired) electrons. The minimum Gasteiger partial charge on any atom is -0.455 e. The Balaban J connectivity index is 2.44. The summed E-state index contributed by atoms with van der Waals surface area (Å²) in [5.74, 6) is -2.10. The maximum absolute atomic E-state index is 11.8. The first kappa shape index (κ1) is 11.1. The molecule has 0 aromatic carbocycles. The van der Waals surface area contributed by atoms with Gasteiger partial charge in [0.2, 0.25) is 0 Å². The van der Waals surface area contributed by atoms with Crippen LogP contribution in [0, 0.1) is 0 Å². The molecule has 0 unspecified atom stereocenters. The number of carbonyl (C=O) groups excluding carboxylic acids is 1. The van der Waals surface area contributed by atoms with Gasteiger partial charge in [-0.3, -0.25) is 0 Å². The molecule has 1 fully saturated rings. The second kappa shape index (κ2) is 4.02. The molecule has 1 aliphatic carbocycles. The van der Waals surface area contributed by atoms with Crippen molar-refractivity contribution in [3.63, 3.8) is 0 Å². The lowest BCUT2D eigenvalue weighted by atomic mass is 9.94. The van der Waals surface area contributed by atoms with Crippen molar-refractivity contribution in [1.82, 2.24) is 0 Å². The molecule has 0 amide bonds. The number of halogens is 3. The lowest BCUT2D eigenvalue weighted by Crippen LogP contribution is -2.31. The van der Waals surface area contributed by atoms with Crippen LogP contribution in [0.4, 0.5) is 13.2 Å². The maximum atomic E-state index is 11.8. The van der Waals surface area contributed by atoms with Crippen LogP contribution >= 0.6 is 0 Å². The van der Waals surface area contributed by atoms with Crippen molar-refractivity contribution in [3.8, 4) is 0 Å². The fourth-order valence-corrected chi connectivity index (χ4v) is 1.42. The molecule has 2 nitrogen and oxygen atoms in total. The minimum atomic E-state index is -4.89. The summed E-state index contributed by atoms with van der Waals surface area (Å²) in [5.41, 5.74) is 0.844. The summed E-state index contributed by atoms with van der Waals surface area (Å²) in [6.07, 6.45) is -3.17. The molecule has 1 rings (SSSR count). The SMILES string of the molecule is C=C1CCC[C@H](OC(=O)C(F)(F)F)C1. The summed E-state index contributed by atoms with van der Waals surface area (Å²) in [7, 11) is 0. The molecular formula is C9H11F3O2. The summed E-state index contributed by atoms with van der Waals surface area (Å²) in [5, 5.41) is 0. The van der Waals surface area contributed by atoms with Crippen LogP contribution in [0.5, 0.6) is 0 Å². The van der Waals surface area contributed by atoms with Crippen LogP contribution in [0.2, 0.25) is 0 Å². The highest BCUT2D eigenvalue weighted by atomic mass is 19.4. The summed E-state index contributed by atoms with van der Waals surface area (Å²) >= 11 is 0. The molecule has 1 aliphatic rings. The maximum Gasteiger partial charge on any atom is 0.490 e. The van der Waals surface area contributed by atoms with Crippen LogP contribution in [0.25, 0.3) is 0 Å². The Kier molecular flexibility index (Phi) is 3.18. The zero-order valence-electron chi connectivity index (χ0n) is 7.56. The predicted octanol–water partition coefficient (Wildman–Crippen LogP) is 2.59. The second-order valence-corrected chi connectivity index (χ2v) is 3.37. The van der Waals surface area contributed by atoms with E-state index in [1.54, 1.807) is 0 Å². The predicted molar refractivity (Wildman–Crippen MR) is 43.5 cm³/mol. The van der Waals surface area contributed by atoms with Gasteiger partial charge in [0.1, 0.15) is 6.10 Å². The topological polar surface area (TPSA) is 26.3 Å². The molecule has 0 bridgehead atoms. The first-order valence-electron chi connectivity index (χ1n) is 4.34. The third-order valence-corrected chi connectivity index (χ3v) is 2.08. The van der Waals surface area contributed by atoms with E-state index in [0.717, 1.165) is 18.4 Å². The van der Waals surface area contributed by atoms with E-state index in [4.69, 9.17) is 0 Å². The highest BCUT2D eigenvalue weighted by Gasteiger charge is 2.42. The van der Waals surface area contributed by atoms with E-state index in [1.807, 2.05) is 0 Å². The highest BCUT2D eigenvalue weighted by Crippen LogP contribution is 2.26. The second-order valence-electron chi connectivity index (χ2n) is 3.37. The van der Waals surface area contributed by atoms with Crippen LogP contribution in [0.1, 0.15) is 25.7 Å². The zero-order chi connectivity index (χ0) is 10.8. The Bertz CT molecular complexity index is 245. The number of alkyl halides is 3. The molecule has 0 aromatic heterocycles. The van der Waals surface area contributed by atoms with E-state index in [2.05, 4.69) is 11.3 Å². The molecule has 14 heavy (non-hydrogen) atoms. The molecule has 80 valence electrons. The molecule has 0 spiro atoms. The average Bonchev–Trinajstić information content (AvgIpc) is 2.02. The monoisotopic (exact) mass is 208 g/mol. The third-order valence-electron chi connectivity index (χ3n) is 2.08. The number of rotatable bonds is 1. The van der Waals surface area contributed by atoms with E-state index in [9.17, 15) is 18.0 Å². The van der Waals surface area contributed by atoms with Gasteiger partial charge in [0, 0.05) is 6.42 Å². The quantitative estimate of drug-likeness (QED) is 0.489. The van der Waals surface area contributed by atoms with Gasteiger partial charge in [-0.05, 0) is 19.3 Å². The molecule has 0 N–H and O–H groups in total. The zero-order valence-corrected chi connectivity index (χ0v) is 7.56. The van der Waals surface area contributed by atoms with Crippen molar-refractivity contribution in [1.29, 1.82) is 0 Å². The summed E-state index contributed by atoms with van der Waals surface area (Å²) in [6, 6.07) is 0. The normalized spacial score (nSPS) is 23.4. The van der Waals surface area contributed by atoms with E-state index in [0.29, 0.717) is 12.8 Å². The van der Waals surface area contributed by atoms with Gasteiger partial charge < -0.3 is 4.74 Å². The smallest absolute Gasteiger partial charge is 0.455 e. The molecule has 0 saturated heterocycles. The van der Waals surface area contributed by atoms with Gasteiger partial charge in [-0.1, -0.05) is 12.2 Å². The molecule has 0 aliphatic heterocycles.